The lowest BCUT2D eigenvalue weighted by molar-refractivity contribution is -0.136. The first kappa shape index (κ1) is 24.5. The highest BCUT2D eigenvalue weighted by molar-refractivity contribution is 6.00. The van der Waals surface area contributed by atoms with E-state index >= 15 is 0 Å². The van der Waals surface area contributed by atoms with Crippen LogP contribution in [0.25, 0.3) is 11.3 Å². The Morgan fingerprint density at radius 1 is 1.03 bits per heavy atom. The van der Waals surface area contributed by atoms with Gasteiger partial charge in [-0.1, -0.05) is 29.4 Å². The summed E-state index contributed by atoms with van der Waals surface area (Å²) in [7, 11) is 0. The molecule has 3 aromatic carbocycles. The zero-order valence-corrected chi connectivity index (χ0v) is 19.6. The normalized spacial score (nSPS) is 10.6. The number of aromatic nitrogens is 1. The number of carboxylic acids is 1. The first-order valence-electron chi connectivity index (χ1n) is 11.1. The van der Waals surface area contributed by atoms with Crippen molar-refractivity contribution in [3.63, 3.8) is 0 Å². The van der Waals surface area contributed by atoms with Gasteiger partial charge in [-0.25, -0.2) is 14.1 Å². The van der Waals surface area contributed by atoms with Gasteiger partial charge >= 0.3 is 12.1 Å². The van der Waals surface area contributed by atoms with E-state index in [2.05, 4.69) is 5.16 Å². The fourth-order valence-electron chi connectivity index (χ4n) is 3.65. The largest absolute Gasteiger partial charge is 0.481 e. The van der Waals surface area contributed by atoms with Gasteiger partial charge in [0.15, 0.2) is 5.76 Å². The van der Waals surface area contributed by atoms with Crippen LogP contribution in [0.15, 0.2) is 77.3 Å². The van der Waals surface area contributed by atoms with Crippen molar-refractivity contribution >= 4 is 23.4 Å². The third-order valence-electron chi connectivity index (χ3n) is 5.20. The van der Waals surface area contributed by atoms with E-state index in [0.717, 1.165) is 4.90 Å². The molecule has 0 aliphatic heterocycles. The Kier molecular flexibility index (Phi) is 7.29. The van der Waals surface area contributed by atoms with Crippen molar-refractivity contribution in [3.8, 4) is 22.8 Å². The fraction of sp³-hybridized carbons (Fsp3) is 0.148. The molecule has 0 saturated carbocycles. The molecule has 4 rings (SSSR count). The number of carboxylic acid groups (broad SMARTS) is 1. The monoisotopic (exact) mass is 490 g/mol. The van der Waals surface area contributed by atoms with Crippen LogP contribution in [0, 0.1) is 12.7 Å². The van der Waals surface area contributed by atoms with Crippen molar-refractivity contribution < 1.29 is 33.1 Å². The first-order valence-corrected chi connectivity index (χ1v) is 11.1. The van der Waals surface area contributed by atoms with Gasteiger partial charge in [0.1, 0.15) is 28.7 Å². The Bertz CT molecular complexity index is 1380. The third kappa shape index (κ3) is 5.35. The van der Waals surface area contributed by atoms with E-state index in [4.69, 9.17) is 19.1 Å². The van der Waals surface area contributed by atoms with Crippen molar-refractivity contribution in [2.75, 3.05) is 11.5 Å². The van der Waals surface area contributed by atoms with Gasteiger partial charge in [-0.15, -0.1) is 0 Å². The molecule has 0 atom stereocenters. The molecule has 0 unspecified atom stereocenters. The Hall–Kier alpha value is -4.66. The van der Waals surface area contributed by atoms with E-state index in [0.29, 0.717) is 28.3 Å². The second-order valence-corrected chi connectivity index (χ2v) is 7.78. The maximum absolute atomic E-state index is 14.7. The van der Waals surface area contributed by atoms with E-state index in [1.54, 1.807) is 68.4 Å². The molecule has 1 N–H and O–H groups in total. The number of carbonyl (C=O) groups is 2. The van der Waals surface area contributed by atoms with Crippen LogP contribution < -0.4 is 9.64 Å². The lowest BCUT2D eigenvalue weighted by atomic mass is 10.1. The van der Waals surface area contributed by atoms with Crippen LogP contribution in [0.4, 0.5) is 20.6 Å². The van der Waals surface area contributed by atoms with Crippen molar-refractivity contribution in [1.82, 2.24) is 5.16 Å². The van der Waals surface area contributed by atoms with Gasteiger partial charge < -0.3 is 19.1 Å². The smallest absolute Gasteiger partial charge is 0.419 e. The standard InChI is InChI=1S/C27H23FN2O6/c1-3-34-27(33)30(23-10-5-4-9-22(23)28)25-17(2)29-36-26(25)19-11-13-20(14-12-19)35-21-8-6-7-18(15-21)16-24(31)32/h4-15H,3,16H2,1-2H3,(H,31,32). The van der Waals surface area contributed by atoms with Crippen LogP contribution in [-0.4, -0.2) is 28.9 Å². The maximum atomic E-state index is 14.7. The number of anilines is 2. The zero-order valence-electron chi connectivity index (χ0n) is 19.6. The summed E-state index contributed by atoms with van der Waals surface area (Å²) < 4.78 is 31.3. The average Bonchev–Trinajstić information content (AvgIpc) is 3.22. The molecule has 0 aliphatic carbocycles. The summed E-state index contributed by atoms with van der Waals surface area (Å²) in [6, 6.07) is 19.5. The SMILES string of the molecule is CCOC(=O)N(c1ccccc1F)c1c(C)noc1-c1ccc(Oc2cccc(CC(=O)O)c2)cc1. The van der Waals surface area contributed by atoms with Crippen LogP contribution in [-0.2, 0) is 16.0 Å². The minimum Gasteiger partial charge on any atom is -0.481 e. The molecule has 9 heteroatoms. The summed E-state index contributed by atoms with van der Waals surface area (Å²) in [5.41, 5.74) is 1.82. The Labute approximate surface area is 206 Å². The van der Waals surface area contributed by atoms with Crippen molar-refractivity contribution in [3.05, 3.63) is 89.9 Å². The number of aliphatic carboxylic acids is 1. The molecule has 0 bridgehead atoms. The summed E-state index contributed by atoms with van der Waals surface area (Å²) >= 11 is 0. The highest BCUT2D eigenvalue weighted by Crippen LogP contribution is 2.40. The highest BCUT2D eigenvalue weighted by Gasteiger charge is 2.30. The van der Waals surface area contributed by atoms with Crippen molar-refractivity contribution in [1.29, 1.82) is 0 Å². The number of nitrogens with zero attached hydrogens (tertiary/aromatic N) is 2. The van der Waals surface area contributed by atoms with Gasteiger partial charge in [-0.05, 0) is 67.9 Å². The summed E-state index contributed by atoms with van der Waals surface area (Å²) in [6.07, 6.45) is -0.876. The Balaban J connectivity index is 1.66. The highest BCUT2D eigenvalue weighted by atomic mass is 19.1. The quantitative estimate of drug-likeness (QED) is 0.301. The van der Waals surface area contributed by atoms with E-state index in [1.165, 1.54) is 18.2 Å². The molecule has 1 amide bonds. The topological polar surface area (TPSA) is 102 Å². The molecule has 1 heterocycles. The molecule has 0 aliphatic rings. The van der Waals surface area contributed by atoms with Crippen molar-refractivity contribution in [2.45, 2.75) is 20.3 Å². The Morgan fingerprint density at radius 2 is 1.78 bits per heavy atom. The predicted molar refractivity (Wildman–Crippen MR) is 130 cm³/mol. The van der Waals surface area contributed by atoms with Crippen molar-refractivity contribution in [2.24, 2.45) is 0 Å². The molecule has 184 valence electrons. The zero-order chi connectivity index (χ0) is 25.7. The van der Waals surface area contributed by atoms with Crippen LogP contribution in [0.5, 0.6) is 11.5 Å². The molecule has 0 fully saturated rings. The number of para-hydroxylation sites is 1. The van der Waals surface area contributed by atoms with Gasteiger partial charge in [0, 0.05) is 5.56 Å². The average molecular weight is 490 g/mol. The van der Waals surface area contributed by atoms with Gasteiger partial charge in [0.2, 0.25) is 0 Å². The van der Waals surface area contributed by atoms with Gasteiger partial charge in [-0.3, -0.25) is 4.79 Å². The number of hydrogen-bond acceptors (Lipinski definition) is 6. The summed E-state index contributed by atoms with van der Waals surface area (Å²) in [4.78, 5) is 25.0. The van der Waals surface area contributed by atoms with Crippen LogP contribution >= 0.6 is 0 Å². The number of aryl methyl sites for hydroxylation is 1. The lowest BCUT2D eigenvalue weighted by Gasteiger charge is -2.22. The van der Waals surface area contributed by atoms with E-state index in [9.17, 15) is 14.0 Å². The number of amides is 1. The molecule has 36 heavy (non-hydrogen) atoms. The molecular weight excluding hydrogens is 467 g/mol. The van der Waals surface area contributed by atoms with E-state index in [1.807, 2.05) is 0 Å². The molecule has 4 aromatic rings. The molecule has 0 radical (unpaired) electrons. The Morgan fingerprint density at radius 3 is 2.47 bits per heavy atom. The second-order valence-electron chi connectivity index (χ2n) is 7.78. The molecule has 8 nitrogen and oxygen atoms in total. The minimum atomic E-state index is -0.929. The number of hydrogen-bond donors (Lipinski definition) is 1. The second kappa shape index (κ2) is 10.7. The maximum Gasteiger partial charge on any atom is 0.419 e. The van der Waals surface area contributed by atoms with Gasteiger partial charge in [0.05, 0.1) is 18.7 Å². The van der Waals surface area contributed by atoms with Gasteiger partial charge in [0.25, 0.3) is 0 Å². The first-order chi connectivity index (χ1) is 17.4. The summed E-state index contributed by atoms with van der Waals surface area (Å²) in [6.45, 7) is 3.41. The minimum absolute atomic E-state index is 0.00435. The van der Waals surface area contributed by atoms with Gasteiger partial charge in [-0.2, -0.15) is 0 Å². The molecule has 0 saturated heterocycles. The van der Waals surface area contributed by atoms with E-state index < -0.39 is 17.9 Å². The number of halogens is 1. The number of carbonyl (C=O) groups excluding carboxylic acids is 1. The third-order valence-corrected chi connectivity index (χ3v) is 5.20. The number of benzene rings is 3. The number of ether oxygens (including phenoxy) is 2. The van der Waals surface area contributed by atoms with E-state index in [-0.39, 0.29) is 30.2 Å². The number of rotatable bonds is 8. The molecule has 1 aromatic heterocycles. The molecule has 0 spiro atoms. The summed E-state index contributed by atoms with van der Waals surface area (Å²) in [5.74, 6) is -0.294. The predicted octanol–water partition coefficient (Wildman–Crippen LogP) is 6.50. The van der Waals surface area contributed by atoms with Crippen LogP contribution in [0.1, 0.15) is 18.2 Å². The summed E-state index contributed by atoms with van der Waals surface area (Å²) in [5, 5.41) is 13.0. The van der Waals surface area contributed by atoms with Crippen LogP contribution in [0.2, 0.25) is 0 Å². The van der Waals surface area contributed by atoms with Crippen LogP contribution in [0.3, 0.4) is 0 Å². The fourth-order valence-corrected chi connectivity index (χ4v) is 3.65. The lowest BCUT2D eigenvalue weighted by Crippen LogP contribution is -2.28. The molecular formula is C27H23FN2O6.